The van der Waals surface area contributed by atoms with Crippen molar-refractivity contribution in [2.45, 2.75) is 135 Å². The third-order valence-electron chi connectivity index (χ3n) is 6.10. The second kappa shape index (κ2) is 16.4. The van der Waals surface area contributed by atoms with E-state index in [-0.39, 0.29) is 0 Å². The van der Waals surface area contributed by atoms with E-state index < -0.39 is 0 Å². The van der Waals surface area contributed by atoms with Gasteiger partial charge < -0.3 is 4.90 Å². The molecule has 0 bridgehead atoms. The lowest BCUT2D eigenvalue weighted by Crippen LogP contribution is -2.43. The fourth-order valence-corrected chi connectivity index (χ4v) is 4.06. The second-order valence-electron chi connectivity index (χ2n) is 8.21. The van der Waals surface area contributed by atoms with Gasteiger partial charge in [0.15, 0.2) is 0 Å². The maximum Gasteiger partial charge on any atom is 0.0200 e. The van der Waals surface area contributed by atoms with E-state index in [1.807, 2.05) is 0 Å². The van der Waals surface area contributed by atoms with Crippen LogP contribution in [0.5, 0.6) is 0 Å². The van der Waals surface area contributed by atoms with Crippen molar-refractivity contribution in [2.75, 3.05) is 14.1 Å². The minimum Gasteiger partial charge on any atom is -0.304 e. The molecule has 0 aliphatic heterocycles. The minimum absolute atomic E-state index is 0.465. The van der Waals surface area contributed by atoms with Crippen LogP contribution in [0.15, 0.2) is 0 Å². The Bertz CT molecular complexity index is 228. The SMILES string of the molecule is CCCCCCCCCC(CC)(CCCCCCCCC)N(C)C. The zero-order valence-corrected chi connectivity index (χ0v) is 18.0. The van der Waals surface area contributed by atoms with Gasteiger partial charge in [0.05, 0.1) is 0 Å². The van der Waals surface area contributed by atoms with E-state index in [1.54, 1.807) is 0 Å². The summed E-state index contributed by atoms with van der Waals surface area (Å²) in [6.45, 7) is 7.01. The molecule has 0 rings (SSSR count). The van der Waals surface area contributed by atoms with Crippen molar-refractivity contribution in [1.29, 1.82) is 0 Å². The summed E-state index contributed by atoms with van der Waals surface area (Å²) in [5, 5.41) is 0. The molecule has 0 unspecified atom stereocenters. The van der Waals surface area contributed by atoms with Gasteiger partial charge in [-0.3, -0.25) is 0 Å². The highest BCUT2D eigenvalue weighted by Crippen LogP contribution is 2.31. The summed E-state index contributed by atoms with van der Waals surface area (Å²) < 4.78 is 0. The molecule has 0 aliphatic rings. The molecule has 0 saturated carbocycles. The summed E-state index contributed by atoms with van der Waals surface area (Å²) in [5.74, 6) is 0. The Morgan fingerprint density at radius 2 is 0.833 bits per heavy atom. The van der Waals surface area contributed by atoms with E-state index >= 15 is 0 Å². The summed E-state index contributed by atoms with van der Waals surface area (Å²) in [7, 11) is 4.62. The smallest absolute Gasteiger partial charge is 0.0200 e. The van der Waals surface area contributed by atoms with Crippen molar-refractivity contribution in [3.63, 3.8) is 0 Å². The van der Waals surface area contributed by atoms with Gasteiger partial charge in [-0.2, -0.15) is 0 Å². The normalized spacial score (nSPS) is 12.2. The summed E-state index contributed by atoms with van der Waals surface area (Å²) >= 11 is 0. The number of unbranched alkanes of at least 4 members (excludes halogenated alkanes) is 12. The first kappa shape index (κ1) is 24.0. The molecule has 1 heteroatoms. The van der Waals surface area contributed by atoms with Crippen LogP contribution in [0.2, 0.25) is 0 Å². The first-order chi connectivity index (χ1) is 11.6. The van der Waals surface area contributed by atoms with Crippen molar-refractivity contribution in [2.24, 2.45) is 0 Å². The lowest BCUT2D eigenvalue weighted by molar-refractivity contribution is 0.113. The Balaban J connectivity index is 3.95. The van der Waals surface area contributed by atoms with Gasteiger partial charge in [0.25, 0.3) is 0 Å². The monoisotopic (exact) mass is 339 g/mol. The largest absolute Gasteiger partial charge is 0.304 e. The minimum atomic E-state index is 0.465. The molecule has 146 valence electrons. The highest BCUT2D eigenvalue weighted by molar-refractivity contribution is 4.86. The topological polar surface area (TPSA) is 3.24 Å². The Morgan fingerprint density at radius 3 is 1.12 bits per heavy atom. The highest BCUT2D eigenvalue weighted by atomic mass is 15.1. The predicted molar refractivity (Wildman–Crippen MR) is 112 cm³/mol. The molecular weight excluding hydrogens is 290 g/mol. The van der Waals surface area contributed by atoms with Gasteiger partial charge in [0.2, 0.25) is 0 Å². The zero-order chi connectivity index (χ0) is 18.1. The van der Waals surface area contributed by atoms with Gasteiger partial charge in [0.1, 0.15) is 0 Å². The van der Waals surface area contributed by atoms with Gasteiger partial charge in [-0.05, 0) is 33.4 Å². The second-order valence-corrected chi connectivity index (χ2v) is 8.21. The first-order valence-electron chi connectivity index (χ1n) is 11.3. The molecule has 0 radical (unpaired) electrons. The fraction of sp³-hybridized carbons (Fsp3) is 1.00. The summed E-state index contributed by atoms with van der Waals surface area (Å²) in [5.41, 5.74) is 0.465. The molecule has 0 saturated heterocycles. The van der Waals surface area contributed by atoms with E-state index in [0.29, 0.717) is 5.54 Å². The van der Waals surface area contributed by atoms with Crippen molar-refractivity contribution < 1.29 is 0 Å². The molecular formula is C23H49N. The quantitative estimate of drug-likeness (QED) is 0.229. The molecule has 24 heavy (non-hydrogen) atoms. The molecule has 0 fully saturated rings. The van der Waals surface area contributed by atoms with Crippen LogP contribution in [0, 0.1) is 0 Å². The van der Waals surface area contributed by atoms with Crippen molar-refractivity contribution in [1.82, 2.24) is 4.90 Å². The van der Waals surface area contributed by atoms with E-state index in [4.69, 9.17) is 0 Å². The molecule has 0 aromatic carbocycles. The van der Waals surface area contributed by atoms with Crippen LogP contribution in [0.4, 0.5) is 0 Å². The molecule has 0 amide bonds. The molecule has 0 N–H and O–H groups in total. The van der Waals surface area contributed by atoms with Crippen LogP contribution in [0.1, 0.15) is 130 Å². The van der Waals surface area contributed by atoms with E-state index in [2.05, 4.69) is 39.8 Å². The van der Waals surface area contributed by atoms with Crippen LogP contribution in [-0.2, 0) is 0 Å². The molecule has 0 atom stereocenters. The van der Waals surface area contributed by atoms with Crippen molar-refractivity contribution in [3.05, 3.63) is 0 Å². The molecule has 0 spiro atoms. The van der Waals surface area contributed by atoms with Crippen LogP contribution < -0.4 is 0 Å². The molecule has 0 aliphatic carbocycles. The highest BCUT2D eigenvalue weighted by Gasteiger charge is 2.29. The lowest BCUT2D eigenvalue weighted by atomic mass is 9.83. The van der Waals surface area contributed by atoms with E-state index in [9.17, 15) is 0 Å². The third kappa shape index (κ3) is 11.5. The van der Waals surface area contributed by atoms with Crippen LogP contribution in [-0.4, -0.2) is 24.5 Å². The predicted octanol–water partition coefficient (Wildman–Crippen LogP) is 7.98. The Hall–Kier alpha value is -0.0400. The maximum atomic E-state index is 2.54. The molecule has 1 nitrogen and oxygen atoms in total. The Kier molecular flexibility index (Phi) is 16.4. The molecule has 0 aromatic heterocycles. The number of nitrogens with zero attached hydrogens (tertiary/aromatic N) is 1. The van der Waals surface area contributed by atoms with Gasteiger partial charge in [0, 0.05) is 5.54 Å². The average molecular weight is 340 g/mol. The summed E-state index contributed by atoms with van der Waals surface area (Å²) in [6.07, 6.45) is 24.1. The Morgan fingerprint density at radius 1 is 0.500 bits per heavy atom. The van der Waals surface area contributed by atoms with Crippen LogP contribution >= 0.6 is 0 Å². The standard InChI is InChI=1S/C23H49N/c1-6-9-11-13-15-17-19-21-23(8-3,24(4)5)22-20-18-16-14-12-10-7-2/h6-22H2,1-5H3. The van der Waals surface area contributed by atoms with Crippen molar-refractivity contribution in [3.8, 4) is 0 Å². The number of rotatable bonds is 18. The van der Waals surface area contributed by atoms with Gasteiger partial charge in [-0.25, -0.2) is 0 Å². The Labute approximate surface area is 155 Å². The van der Waals surface area contributed by atoms with Gasteiger partial charge in [-0.1, -0.05) is 111 Å². The van der Waals surface area contributed by atoms with Crippen molar-refractivity contribution >= 4 is 0 Å². The van der Waals surface area contributed by atoms with Gasteiger partial charge in [-0.15, -0.1) is 0 Å². The zero-order valence-electron chi connectivity index (χ0n) is 18.0. The average Bonchev–Trinajstić information content (AvgIpc) is 2.58. The van der Waals surface area contributed by atoms with Gasteiger partial charge >= 0.3 is 0 Å². The third-order valence-corrected chi connectivity index (χ3v) is 6.10. The summed E-state index contributed by atoms with van der Waals surface area (Å²) in [4.78, 5) is 2.54. The van der Waals surface area contributed by atoms with E-state index in [0.717, 1.165) is 0 Å². The lowest BCUT2D eigenvalue weighted by Gasteiger charge is -2.40. The number of hydrogen-bond acceptors (Lipinski definition) is 1. The first-order valence-corrected chi connectivity index (χ1v) is 11.3. The van der Waals surface area contributed by atoms with Crippen LogP contribution in [0.25, 0.3) is 0 Å². The molecule has 0 heterocycles. The molecule has 0 aromatic rings. The maximum absolute atomic E-state index is 2.54. The summed E-state index contributed by atoms with van der Waals surface area (Å²) in [6, 6.07) is 0. The fourth-order valence-electron chi connectivity index (χ4n) is 4.06. The van der Waals surface area contributed by atoms with Crippen LogP contribution in [0.3, 0.4) is 0 Å². The number of hydrogen-bond donors (Lipinski definition) is 0. The van der Waals surface area contributed by atoms with E-state index in [1.165, 1.54) is 109 Å².